The molecule has 20 heavy (non-hydrogen) atoms. The molecule has 0 aliphatic carbocycles. The summed E-state index contributed by atoms with van der Waals surface area (Å²) in [6, 6.07) is 1.92. The van der Waals surface area contributed by atoms with Gasteiger partial charge in [0.2, 0.25) is 0 Å². The third-order valence-corrected chi connectivity index (χ3v) is 1.83. The minimum absolute atomic E-state index is 0. The smallest absolute Gasteiger partial charge is 0.665 e. The first-order chi connectivity index (χ1) is 9.17. The van der Waals surface area contributed by atoms with Crippen LogP contribution in [0.25, 0.3) is 16.0 Å². The summed E-state index contributed by atoms with van der Waals surface area (Å²) < 4.78 is 0. The number of nitrogens with zero attached hydrogens (tertiary/aromatic N) is 5. The fourth-order valence-corrected chi connectivity index (χ4v) is 0.449. The Morgan fingerprint density at radius 1 is 0.900 bits per heavy atom. The molecule has 0 aromatic carbocycles. The van der Waals surface area contributed by atoms with Gasteiger partial charge in [-0.25, -0.2) is 0 Å². The zero-order valence-corrected chi connectivity index (χ0v) is 15.8. The van der Waals surface area contributed by atoms with Crippen molar-refractivity contribution in [2.75, 3.05) is 40.8 Å². The van der Waals surface area contributed by atoms with E-state index in [1.807, 2.05) is 26.8 Å². The topological polar surface area (TPSA) is 69.3 Å². The molecule has 0 atom stereocenters. The summed E-state index contributed by atoms with van der Waals surface area (Å²) in [6.45, 7) is 10.9. The monoisotopic (exact) mass is 317 g/mol. The number of hydrogen-bond donors (Lipinski definition) is 0. The first-order valence-electron chi connectivity index (χ1n) is 6.78. The van der Waals surface area contributed by atoms with Crippen molar-refractivity contribution >= 4 is 0 Å². The minimum atomic E-state index is 0. The van der Waals surface area contributed by atoms with Gasteiger partial charge < -0.3 is 26.1 Å². The van der Waals surface area contributed by atoms with E-state index in [9.17, 15) is 0 Å². The van der Waals surface area contributed by atoms with Crippen LogP contribution in [0.5, 0.6) is 0 Å². The average Bonchev–Trinajstić information content (AvgIpc) is 3.01. The van der Waals surface area contributed by atoms with Crippen LogP contribution in [-0.2, 0) is 28.1 Å². The van der Waals surface area contributed by atoms with E-state index in [2.05, 4.69) is 33.1 Å². The predicted molar refractivity (Wildman–Crippen MR) is 86.4 cm³/mol. The molecular weight excluding hydrogens is 286 g/mol. The Labute approximate surface area is 141 Å². The van der Waals surface area contributed by atoms with Crippen LogP contribution in [0.3, 0.4) is 0 Å². The molecule has 0 aliphatic heterocycles. The van der Waals surface area contributed by atoms with Crippen molar-refractivity contribution < 1.29 is 21.7 Å². The molecule has 1 rings (SSSR count). The molecule has 0 N–H and O–H groups in total. The molecule has 116 valence electrons. The molecule has 5 nitrogen and oxygen atoms in total. The van der Waals surface area contributed by atoms with E-state index in [-0.39, 0.29) is 21.7 Å². The van der Waals surface area contributed by atoms with Crippen LogP contribution in [0.2, 0.25) is 0 Å². The molecule has 1 heterocycles. The van der Waals surface area contributed by atoms with Crippen molar-refractivity contribution in [1.82, 2.24) is 10.2 Å². The van der Waals surface area contributed by atoms with Gasteiger partial charge in [-0.2, -0.15) is 47.0 Å². The Bertz CT molecular complexity index is 190. The number of aryl methyl sites for hydroxylation is 1. The van der Waals surface area contributed by atoms with Crippen molar-refractivity contribution in [2.45, 2.75) is 34.1 Å². The molecule has 0 saturated carbocycles. The standard InChI is InChI=1S/C5H7N2.3C3H8N.Ti/c1-2-5-3-4-6-7-5;3*1-3-4-2;/h3-4H,2H2,1H3;3*3H2,1-2H3;/q4*-1;+4. The van der Waals surface area contributed by atoms with E-state index in [0.29, 0.717) is 0 Å². The fraction of sp³-hybridized carbons (Fsp3) is 0.786. The van der Waals surface area contributed by atoms with Crippen LogP contribution in [0.1, 0.15) is 33.4 Å². The number of hydrogen-bond acceptors (Lipinski definition) is 1. The van der Waals surface area contributed by atoms with Crippen molar-refractivity contribution in [2.24, 2.45) is 0 Å². The van der Waals surface area contributed by atoms with Crippen LogP contribution in [0.15, 0.2) is 12.3 Å². The van der Waals surface area contributed by atoms with Gasteiger partial charge in [0.05, 0.1) is 0 Å². The van der Waals surface area contributed by atoms with Gasteiger partial charge in [0.25, 0.3) is 0 Å². The molecule has 0 bridgehead atoms. The Balaban J connectivity index is -0.0000000881. The first kappa shape index (κ1) is 28.0. The summed E-state index contributed by atoms with van der Waals surface area (Å²) in [5.41, 5.74) is 1.07. The molecule has 0 saturated heterocycles. The fourth-order valence-electron chi connectivity index (χ4n) is 0.449. The quantitative estimate of drug-likeness (QED) is 0.796. The Kier molecular flexibility index (Phi) is 43.9. The van der Waals surface area contributed by atoms with E-state index in [4.69, 9.17) is 0 Å². The van der Waals surface area contributed by atoms with Gasteiger partial charge in [-0.1, -0.05) is 33.8 Å². The molecule has 0 amide bonds. The molecule has 1 aromatic heterocycles. The minimum Gasteiger partial charge on any atom is -0.665 e. The number of aromatic nitrogens is 2. The van der Waals surface area contributed by atoms with E-state index in [1.165, 1.54) is 0 Å². The van der Waals surface area contributed by atoms with Gasteiger partial charge in [-0.05, 0) is 6.42 Å². The second kappa shape index (κ2) is 31.3. The van der Waals surface area contributed by atoms with E-state index in [1.54, 1.807) is 27.3 Å². The molecule has 0 fully saturated rings. The summed E-state index contributed by atoms with van der Waals surface area (Å²) in [5, 5.41) is 18.6. The van der Waals surface area contributed by atoms with Crippen molar-refractivity contribution in [3.05, 3.63) is 33.9 Å². The Morgan fingerprint density at radius 2 is 1.25 bits per heavy atom. The van der Waals surface area contributed by atoms with Crippen LogP contribution in [0.4, 0.5) is 0 Å². The van der Waals surface area contributed by atoms with Crippen LogP contribution < -0.4 is 5.10 Å². The van der Waals surface area contributed by atoms with E-state index in [0.717, 1.165) is 31.7 Å². The van der Waals surface area contributed by atoms with Crippen molar-refractivity contribution in [3.8, 4) is 0 Å². The molecule has 0 unspecified atom stereocenters. The normalized spacial score (nSPS) is 7.75. The zero-order chi connectivity index (χ0) is 15.4. The summed E-state index contributed by atoms with van der Waals surface area (Å²) in [7, 11) is 5.42. The Hall–Kier alpha value is -0.196. The van der Waals surface area contributed by atoms with Gasteiger partial charge in [0.15, 0.2) is 0 Å². The molecule has 0 spiro atoms. The maximum absolute atomic E-state index is 3.78. The van der Waals surface area contributed by atoms with E-state index < -0.39 is 0 Å². The summed E-state index contributed by atoms with van der Waals surface area (Å²) in [6.07, 6.45) is 2.69. The van der Waals surface area contributed by atoms with E-state index >= 15 is 0 Å². The summed E-state index contributed by atoms with van der Waals surface area (Å²) in [4.78, 5) is 0. The summed E-state index contributed by atoms with van der Waals surface area (Å²) in [5.74, 6) is 0. The SMILES string of the molecule is CC[N-]C.CC[N-]C.CC[N-]C.CCc1cc[n-]n1.[Ti+4]. The molecule has 0 radical (unpaired) electrons. The molecule has 0 aliphatic rings. The van der Waals surface area contributed by atoms with Crippen molar-refractivity contribution in [1.29, 1.82) is 0 Å². The second-order valence-corrected chi connectivity index (χ2v) is 3.27. The second-order valence-electron chi connectivity index (χ2n) is 3.27. The Morgan fingerprint density at radius 3 is 1.35 bits per heavy atom. The maximum atomic E-state index is 3.78. The average molecular weight is 317 g/mol. The molecule has 6 heteroatoms. The van der Waals surface area contributed by atoms with Gasteiger partial charge in [0, 0.05) is 5.69 Å². The van der Waals surface area contributed by atoms with Gasteiger partial charge >= 0.3 is 21.7 Å². The van der Waals surface area contributed by atoms with Crippen LogP contribution in [0, 0.1) is 0 Å². The summed E-state index contributed by atoms with van der Waals surface area (Å²) >= 11 is 0. The maximum Gasteiger partial charge on any atom is 4.00 e. The first-order valence-corrected chi connectivity index (χ1v) is 6.78. The van der Waals surface area contributed by atoms with Gasteiger partial charge in [-0.15, -0.1) is 0 Å². The predicted octanol–water partition coefficient (Wildman–Crippen LogP) is 3.63. The molecule has 1 aromatic rings. The van der Waals surface area contributed by atoms with Crippen LogP contribution in [-0.4, -0.2) is 45.9 Å². The van der Waals surface area contributed by atoms with Gasteiger partial charge in [-0.3, -0.25) is 0 Å². The van der Waals surface area contributed by atoms with Crippen molar-refractivity contribution in [3.63, 3.8) is 0 Å². The van der Waals surface area contributed by atoms with Crippen LogP contribution >= 0.6 is 0 Å². The molecular formula is C14H31N5Ti. The number of rotatable bonds is 4. The largest absolute Gasteiger partial charge is 4.00 e. The van der Waals surface area contributed by atoms with Gasteiger partial charge in [0.1, 0.15) is 0 Å². The zero-order valence-electron chi connectivity index (χ0n) is 14.2. The third kappa shape index (κ3) is 36.1. The third-order valence-electron chi connectivity index (χ3n) is 1.83.